The van der Waals surface area contributed by atoms with Crippen LogP contribution < -0.4 is 10.1 Å². The van der Waals surface area contributed by atoms with Gasteiger partial charge in [-0.2, -0.15) is 5.10 Å². The van der Waals surface area contributed by atoms with Crippen molar-refractivity contribution >= 4 is 22.4 Å². The lowest BCUT2D eigenvalue weighted by Gasteiger charge is -2.03. The van der Waals surface area contributed by atoms with E-state index >= 15 is 0 Å². The number of hydrogen-bond donors (Lipinski definition) is 1. The molecule has 0 aliphatic heterocycles. The van der Waals surface area contributed by atoms with Crippen LogP contribution in [0.4, 0.5) is 11.1 Å². The third-order valence-electron chi connectivity index (χ3n) is 3.72. The maximum atomic E-state index is 5.18. The number of ether oxygens (including phenoxy) is 1. The van der Waals surface area contributed by atoms with Gasteiger partial charge in [-0.3, -0.25) is 4.68 Å². The summed E-state index contributed by atoms with van der Waals surface area (Å²) >= 11 is 1.50. The van der Waals surface area contributed by atoms with Crippen LogP contribution in [-0.2, 0) is 6.54 Å². The summed E-state index contributed by atoms with van der Waals surface area (Å²) in [5.41, 5.74) is 2.99. The second kappa shape index (κ2) is 7.32. The van der Waals surface area contributed by atoms with Gasteiger partial charge >= 0.3 is 0 Å². The molecule has 0 saturated heterocycles. The SMILES string of the molecule is COc1ccc(Cn2cc(-c3csc(Nc4ncccn4)n3)cn2)cc1. The molecule has 0 atom stereocenters. The lowest BCUT2D eigenvalue weighted by atomic mass is 10.2. The van der Waals surface area contributed by atoms with E-state index in [1.54, 1.807) is 25.6 Å². The van der Waals surface area contributed by atoms with Crippen molar-refractivity contribution in [3.8, 4) is 17.0 Å². The molecule has 0 amide bonds. The maximum absolute atomic E-state index is 5.18. The number of nitrogens with one attached hydrogen (secondary N) is 1. The smallest absolute Gasteiger partial charge is 0.228 e. The lowest BCUT2D eigenvalue weighted by Crippen LogP contribution is -1.99. The Morgan fingerprint density at radius 1 is 1.15 bits per heavy atom. The van der Waals surface area contributed by atoms with Crippen LogP contribution in [-0.4, -0.2) is 31.8 Å². The summed E-state index contributed by atoms with van der Waals surface area (Å²) in [5, 5.41) is 10.3. The average molecular weight is 364 g/mol. The van der Waals surface area contributed by atoms with Crippen LogP contribution in [0, 0.1) is 0 Å². The topological polar surface area (TPSA) is 77.8 Å². The van der Waals surface area contributed by atoms with Crippen LogP contribution >= 0.6 is 11.3 Å². The van der Waals surface area contributed by atoms with Crippen molar-refractivity contribution in [3.63, 3.8) is 0 Å². The van der Waals surface area contributed by atoms with Crippen LogP contribution in [0.3, 0.4) is 0 Å². The molecule has 3 aromatic heterocycles. The number of rotatable bonds is 6. The Morgan fingerprint density at radius 3 is 2.73 bits per heavy atom. The molecule has 4 aromatic rings. The fraction of sp³-hybridized carbons (Fsp3) is 0.111. The predicted octanol–water partition coefficient (Wildman–Crippen LogP) is 3.60. The Labute approximate surface area is 154 Å². The van der Waals surface area contributed by atoms with Crippen molar-refractivity contribution in [2.45, 2.75) is 6.54 Å². The van der Waals surface area contributed by atoms with Gasteiger partial charge in [0.15, 0.2) is 5.13 Å². The van der Waals surface area contributed by atoms with Crippen molar-refractivity contribution < 1.29 is 4.74 Å². The molecule has 1 aromatic carbocycles. The molecule has 3 heterocycles. The van der Waals surface area contributed by atoms with Gasteiger partial charge in [-0.05, 0) is 23.8 Å². The summed E-state index contributed by atoms with van der Waals surface area (Å²) in [6, 6.07) is 9.74. The maximum Gasteiger partial charge on any atom is 0.228 e. The molecular formula is C18H16N6OS. The molecular weight excluding hydrogens is 348 g/mol. The molecule has 0 spiro atoms. The van der Waals surface area contributed by atoms with Crippen LogP contribution in [0.1, 0.15) is 5.56 Å². The molecule has 130 valence electrons. The first-order valence-corrected chi connectivity index (χ1v) is 8.83. The number of methoxy groups -OCH3 is 1. The standard InChI is InChI=1S/C18H16N6OS/c1-25-15-5-3-13(4-6-15)10-24-11-14(9-21-24)16-12-26-18(22-16)23-17-19-7-2-8-20-17/h2-9,11-12H,10H2,1H3,(H,19,20,22,23). The Kier molecular flexibility index (Phi) is 4.57. The third kappa shape index (κ3) is 3.70. The summed E-state index contributed by atoms with van der Waals surface area (Å²) < 4.78 is 7.07. The first-order chi connectivity index (χ1) is 12.8. The van der Waals surface area contributed by atoms with Gasteiger partial charge in [0.1, 0.15) is 5.75 Å². The normalized spacial score (nSPS) is 10.7. The highest BCUT2D eigenvalue weighted by Gasteiger charge is 2.08. The van der Waals surface area contributed by atoms with E-state index in [1.807, 2.05) is 46.7 Å². The zero-order chi connectivity index (χ0) is 17.8. The lowest BCUT2D eigenvalue weighted by molar-refractivity contribution is 0.414. The van der Waals surface area contributed by atoms with Crippen molar-refractivity contribution in [2.24, 2.45) is 0 Å². The Hall–Kier alpha value is -3.26. The number of nitrogens with zero attached hydrogens (tertiary/aromatic N) is 5. The molecule has 8 heteroatoms. The molecule has 1 N–H and O–H groups in total. The highest BCUT2D eigenvalue weighted by atomic mass is 32.1. The van der Waals surface area contributed by atoms with Crippen molar-refractivity contribution in [1.29, 1.82) is 0 Å². The van der Waals surface area contributed by atoms with Gasteiger partial charge in [0.05, 0.1) is 25.5 Å². The quantitative estimate of drug-likeness (QED) is 0.563. The molecule has 0 aliphatic rings. The van der Waals surface area contributed by atoms with Crippen LogP contribution in [0.15, 0.2) is 60.5 Å². The van der Waals surface area contributed by atoms with Gasteiger partial charge < -0.3 is 10.1 Å². The van der Waals surface area contributed by atoms with E-state index in [2.05, 4.69) is 25.4 Å². The fourth-order valence-corrected chi connectivity index (χ4v) is 3.14. The van der Waals surface area contributed by atoms with E-state index in [4.69, 9.17) is 4.74 Å². The van der Waals surface area contributed by atoms with Crippen LogP contribution in [0.5, 0.6) is 5.75 Å². The zero-order valence-electron chi connectivity index (χ0n) is 14.0. The first-order valence-electron chi connectivity index (χ1n) is 7.95. The number of benzene rings is 1. The minimum atomic E-state index is 0.531. The van der Waals surface area contributed by atoms with Gasteiger partial charge in [-0.25, -0.2) is 15.0 Å². The van der Waals surface area contributed by atoms with E-state index in [0.29, 0.717) is 12.5 Å². The molecule has 0 unspecified atom stereocenters. The minimum Gasteiger partial charge on any atom is -0.497 e. The first kappa shape index (κ1) is 16.2. The predicted molar refractivity (Wildman–Crippen MR) is 101 cm³/mol. The second-order valence-electron chi connectivity index (χ2n) is 5.51. The Balaban J connectivity index is 1.45. The van der Waals surface area contributed by atoms with Crippen LogP contribution in [0.2, 0.25) is 0 Å². The third-order valence-corrected chi connectivity index (χ3v) is 4.48. The molecule has 0 bridgehead atoms. The van der Waals surface area contributed by atoms with E-state index in [1.165, 1.54) is 11.3 Å². The Bertz CT molecular complexity index is 980. The summed E-state index contributed by atoms with van der Waals surface area (Å²) in [7, 11) is 1.66. The van der Waals surface area contributed by atoms with Crippen molar-refractivity contribution in [3.05, 3.63) is 66.1 Å². The van der Waals surface area contributed by atoms with Gasteiger partial charge in [0.25, 0.3) is 0 Å². The summed E-state index contributed by atoms with van der Waals surface area (Å²) in [5.74, 6) is 1.38. The van der Waals surface area contributed by atoms with Crippen molar-refractivity contribution in [1.82, 2.24) is 24.7 Å². The van der Waals surface area contributed by atoms with E-state index in [-0.39, 0.29) is 0 Å². The summed E-state index contributed by atoms with van der Waals surface area (Å²) in [6.07, 6.45) is 7.18. The number of anilines is 2. The molecule has 0 saturated carbocycles. The van der Waals surface area contributed by atoms with E-state index in [0.717, 1.165) is 27.7 Å². The largest absolute Gasteiger partial charge is 0.497 e. The highest BCUT2D eigenvalue weighted by molar-refractivity contribution is 7.14. The zero-order valence-corrected chi connectivity index (χ0v) is 14.8. The van der Waals surface area contributed by atoms with E-state index in [9.17, 15) is 0 Å². The van der Waals surface area contributed by atoms with E-state index < -0.39 is 0 Å². The fourth-order valence-electron chi connectivity index (χ4n) is 2.42. The number of thiazole rings is 1. The van der Waals surface area contributed by atoms with Gasteiger partial charge in [-0.1, -0.05) is 12.1 Å². The van der Waals surface area contributed by atoms with Gasteiger partial charge in [0, 0.05) is 29.5 Å². The molecule has 4 rings (SSSR count). The highest BCUT2D eigenvalue weighted by Crippen LogP contribution is 2.26. The Morgan fingerprint density at radius 2 is 1.96 bits per heavy atom. The van der Waals surface area contributed by atoms with Gasteiger partial charge in [-0.15, -0.1) is 11.3 Å². The number of aromatic nitrogens is 5. The molecule has 7 nitrogen and oxygen atoms in total. The van der Waals surface area contributed by atoms with Gasteiger partial charge in [0.2, 0.25) is 5.95 Å². The second-order valence-corrected chi connectivity index (χ2v) is 6.37. The monoisotopic (exact) mass is 364 g/mol. The van der Waals surface area contributed by atoms with Crippen molar-refractivity contribution in [2.75, 3.05) is 12.4 Å². The van der Waals surface area contributed by atoms with Crippen LogP contribution in [0.25, 0.3) is 11.3 Å². The average Bonchev–Trinajstić information content (AvgIpc) is 3.33. The summed E-state index contributed by atoms with van der Waals surface area (Å²) in [6.45, 7) is 0.692. The molecule has 0 radical (unpaired) electrons. The minimum absolute atomic E-state index is 0.531. The molecule has 0 aliphatic carbocycles. The molecule has 0 fully saturated rings. The number of hydrogen-bond acceptors (Lipinski definition) is 7. The summed E-state index contributed by atoms with van der Waals surface area (Å²) in [4.78, 5) is 12.9. The molecule has 26 heavy (non-hydrogen) atoms.